The Morgan fingerprint density at radius 2 is 1.86 bits per heavy atom. The molecule has 0 aliphatic heterocycles. The van der Waals surface area contributed by atoms with Gasteiger partial charge in [0.25, 0.3) is 5.91 Å². The molecule has 150 valence electrons. The van der Waals surface area contributed by atoms with Gasteiger partial charge in [-0.2, -0.15) is 13.2 Å². The first kappa shape index (κ1) is 20.6. The fourth-order valence-electron chi connectivity index (χ4n) is 2.28. The molecule has 1 amide bonds. The Morgan fingerprint density at radius 1 is 1.07 bits per heavy atom. The predicted molar refractivity (Wildman–Crippen MR) is 101 cm³/mol. The molecule has 29 heavy (non-hydrogen) atoms. The Balaban J connectivity index is 1.75. The second-order valence-electron chi connectivity index (χ2n) is 5.69. The van der Waals surface area contributed by atoms with Gasteiger partial charge in [0.15, 0.2) is 0 Å². The molecule has 0 unspecified atom stereocenters. The summed E-state index contributed by atoms with van der Waals surface area (Å²) in [6.45, 7) is 0. The zero-order valence-electron chi connectivity index (χ0n) is 14.4. The fourth-order valence-corrected chi connectivity index (χ4v) is 2.71. The number of carbonyl (C=O) groups is 1. The lowest BCUT2D eigenvalue weighted by Crippen LogP contribution is -2.30. The van der Waals surface area contributed by atoms with Crippen LogP contribution in [0.3, 0.4) is 0 Å². The maximum absolute atomic E-state index is 13.2. The Morgan fingerprint density at radius 3 is 2.59 bits per heavy atom. The van der Waals surface area contributed by atoms with E-state index in [-0.39, 0.29) is 22.9 Å². The number of hydrogen-bond donors (Lipinski definition) is 2. The summed E-state index contributed by atoms with van der Waals surface area (Å²) in [6.07, 6.45) is -3.11. The van der Waals surface area contributed by atoms with Crippen LogP contribution >= 0.6 is 15.9 Å². The highest BCUT2D eigenvalue weighted by Gasteiger charge is 2.30. The minimum atomic E-state index is -4.51. The molecule has 0 saturated heterocycles. The Labute approximate surface area is 170 Å². The second kappa shape index (κ2) is 8.48. The summed E-state index contributed by atoms with van der Waals surface area (Å²) in [5.41, 5.74) is 3.92. The number of nitrogens with one attached hydrogen (secondary N) is 2. The topological polar surface area (TPSA) is 63.2 Å². The van der Waals surface area contributed by atoms with Crippen molar-refractivity contribution in [2.24, 2.45) is 0 Å². The first-order valence-corrected chi connectivity index (χ1v) is 8.85. The van der Waals surface area contributed by atoms with Gasteiger partial charge < -0.3 is 4.74 Å². The highest BCUT2D eigenvalue weighted by molar-refractivity contribution is 9.10. The zero-order valence-corrected chi connectivity index (χ0v) is 16.0. The number of carbonyl (C=O) groups excluding carboxylic acids is 1. The van der Waals surface area contributed by atoms with Gasteiger partial charge in [0.1, 0.15) is 17.1 Å². The number of pyridine rings is 1. The van der Waals surface area contributed by atoms with Crippen molar-refractivity contribution in [3.8, 4) is 11.6 Å². The standard InChI is InChI=1S/C19H12BrF4N3O2/c20-15-10-12(21)6-7-16(15)29-18-14(5-2-8-25-18)17(28)27-26-13-4-1-3-11(9-13)19(22,23)24/h1-10,26H,(H,27,28). The summed E-state index contributed by atoms with van der Waals surface area (Å²) in [5, 5.41) is 0. The number of nitrogens with zero attached hydrogens (tertiary/aromatic N) is 1. The molecular weight excluding hydrogens is 458 g/mol. The van der Waals surface area contributed by atoms with Crippen LogP contribution < -0.4 is 15.6 Å². The van der Waals surface area contributed by atoms with Crippen LogP contribution in [0.2, 0.25) is 0 Å². The number of rotatable bonds is 5. The van der Waals surface area contributed by atoms with E-state index in [9.17, 15) is 22.4 Å². The van der Waals surface area contributed by atoms with Crippen molar-refractivity contribution in [2.45, 2.75) is 6.18 Å². The summed E-state index contributed by atoms with van der Waals surface area (Å²) in [7, 11) is 0. The van der Waals surface area contributed by atoms with Crippen molar-refractivity contribution in [3.63, 3.8) is 0 Å². The summed E-state index contributed by atoms with van der Waals surface area (Å²) >= 11 is 3.15. The molecule has 0 fully saturated rings. The maximum atomic E-state index is 13.2. The third-order valence-electron chi connectivity index (χ3n) is 3.63. The van der Waals surface area contributed by atoms with E-state index in [2.05, 4.69) is 31.8 Å². The number of hydrogen-bond acceptors (Lipinski definition) is 4. The van der Waals surface area contributed by atoms with Crippen LogP contribution in [0.4, 0.5) is 23.2 Å². The van der Waals surface area contributed by atoms with Gasteiger partial charge in [-0.25, -0.2) is 9.37 Å². The maximum Gasteiger partial charge on any atom is 0.416 e. The SMILES string of the molecule is O=C(NNc1cccc(C(F)(F)F)c1)c1cccnc1Oc1ccc(F)cc1Br. The molecule has 0 atom stereocenters. The molecule has 2 N–H and O–H groups in total. The zero-order chi connectivity index (χ0) is 21.0. The highest BCUT2D eigenvalue weighted by atomic mass is 79.9. The van der Waals surface area contributed by atoms with E-state index < -0.39 is 23.5 Å². The Bertz CT molecular complexity index is 1040. The van der Waals surface area contributed by atoms with Crippen molar-refractivity contribution in [2.75, 3.05) is 5.43 Å². The van der Waals surface area contributed by atoms with E-state index in [1.807, 2.05) is 0 Å². The van der Waals surface area contributed by atoms with Gasteiger partial charge in [0.05, 0.1) is 15.7 Å². The minimum absolute atomic E-state index is 0.0169. The molecule has 3 rings (SSSR count). The van der Waals surface area contributed by atoms with E-state index in [1.54, 1.807) is 0 Å². The molecule has 0 radical (unpaired) electrons. The Hall–Kier alpha value is -3.14. The average Bonchev–Trinajstić information content (AvgIpc) is 2.68. The summed E-state index contributed by atoms with van der Waals surface area (Å²) in [4.78, 5) is 16.4. The number of ether oxygens (including phenoxy) is 1. The third kappa shape index (κ3) is 5.23. The third-order valence-corrected chi connectivity index (χ3v) is 4.25. The van der Waals surface area contributed by atoms with Gasteiger partial charge in [-0.15, -0.1) is 0 Å². The lowest BCUT2D eigenvalue weighted by molar-refractivity contribution is -0.137. The number of aromatic nitrogens is 1. The van der Waals surface area contributed by atoms with Gasteiger partial charge in [0, 0.05) is 6.20 Å². The Kier molecular flexibility index (Phi) is 6.02. The first-order valence-electron chi connectivity index (χ1n) is 8.05. The predicted octanol–water partition coefficient (Wildman–Crippen LogP) is 5.55. The number of alkyl halides is 3. The van der Waals surface area contributed by atoms with E-state index in [0.717, 1.165) is 12.1 Å². The van der Waals surface area contributed by atoms with Crippen LogP contribution in [-0.2, 0) is 6.18 Å². The van der Waals surface area contributed by atoms with E-state index in [0.29, 0.717) is 4.47 Å². The van der Waals surface area contributed by atoms with Crippen LogP contribution in [-0.4, -0.2) is 10.9 Å². The smallest absolute Gasteiger partial charge is 0.416 e. The molecule has 3 aromatic rings. The molecule has 1 aromatic heterocycles. The van der Waals surface area contributed by atoms with Gasteiger partial charge in [-0.3, -0.25) is 15.6 Å². The highest BCUT2D eigenvalue weighted by Crippen LogP contribution is 2.32. The van der Waals surface area contributed by atoms with Gasteiger partial charge in [0.2, 0.25) is 5.88 Å². The molecule has 5 nitrogen and oxygen atoms in total. The number of benzene rings is 2. The molecule has 0 saturated carbocycles. The van der Waals surface area contributed by atoms with E-state index in [1.165, 1.54) is 48.7 Å². The molecule has 1 heterocycles. The summed E-state index contributed by atoms with van der Waals surface area (Å²) in [6, 6.07) is 11.0. The van der Waals surface area contributed by atoms with Gasteiger partial charge in [-0.05, 0) is 64.5 Å². The summed E-state index contributed by atoms with van der Waals surface area (Å²) < 4.78 is 57.4. The van der Waals surface area contributed by atoms with Crippen LogP contribution in [0.25, 0.3) is 0 Å². The van der Waals surface area contributed by atoms with Crippen molar-refractivity contribution in [1.29, 1.82) is 0 Å². The summed E-state index contributed by atoms with van der Waals surface area (Å²) in [5.74, 6) is -1.01. The van der Waals surface area contributed by atoms with Crippen molar-refractivity contribution < 1.29 is 27.1 Å². The first-order chi connectivity index (χ1) is 13.7. The minimum Gasteiger partial charge on any atom is -0.437 e. The van der Waals surface area contributed by atoms with Crippen molar-refractivity contribution >= 4 is 27.5 Å². The monoisotopic (exact) mass is 469 g/mol. The quantitative estimate of drug-likeness (QED) is 0.379. The molecule has 2 aromatic carbocycles. The largest absolute Gasteiger partial charge is 0.437 e. The number of hydrazine groups is 1. The molecule has 0 aliphatic rings. The van der Waals surface area contributed by atoms with E-state index >= 15 is 0 Å². The average molecular weight is 470 g/mol. The number of anilines is 1. The fraction of sp³-hybridized carbons (Fsp3) is 0.0526. The van der Waals surface area contributed by atoms with Gasteiger partial charge >= 0.3 is 6.18 Å². The van der Waals surface area contributed by atoms with Crippen LogP contribution in [0.15, 0.2) is 65.3 Å². The molecule has 0 bridgehead atoms. The molecule has 0 aliphatic carbocycles. The normalized spacial score (nSPS) is 11.1. The van der Waals surface area contributed by atoms with Crippen LogP contribution in [0.1, 0.15) is 15.9 Å². The van der Waals surface area contributed by atoms with Crippen molar-refractivity contribution in [3.05, 3.63) is 82.2 Å². The van der Waals surface area contributed by atoms with E-state index in [4.69, 9.17) is 4.74 Å². The van der Waals surface area contributed by atoms with Gasteiger partial charge in [-0.1, -0.05) is 6.07 Å². The number of amides is 1. The lowest BCUT2D eigenvalue weighted by Gasteiger charge is -2.13. The molecular formula is C19H12BrF4N3O2. The molecule has 10 heteroatoms. The van der Waals surface area contributed by atoms with Crippen molar-refractivity contribution in [1.82, 2.24) is 10.4 Å². The van der Waals surface area contributed by atoms with Crippen LogP contribution in [0, 0.1) is 5.82 Å². The second-order valence-corrected chi connectivity index (χ2v) is 6.54. The molecule has 0 spiro atoms. The lowest BCUT2D eigenvalue weighted by atomic mass is 10.2. The number of halogens is 5. The van der Waals surface area contributed by atoms with Crippen LogP contribution in [0.5, 0.6) is 11.6 Å².